The van der Waals surface area contributed by atoms with Crippen molar-refractivity contribution in [3.63, 3.8) is 0 Å². The average molecular weight is 395 g/mol. The van der Waals surface area contributed by atoms with Crippen LogP contribution in [-0.4, -0.2) is 12.2 Å². The summed E-state index contributed by atoms with van der Waals surface area (Å²) in [7, 11) is 1.80. The molecule has 0 spiro atoms. The molecule has 29 heavy (non-hydrogen) atoms. The van der Waals surface area contributed by atoms with E-state index in [1.165, 1.54) is 35.1 Å². The number of rotatable bonds is 7. The summed E-state index contributed by atoms with van der Waals surface area (Å²) in [6.45, 7) is 15.4. The van der Waals surface area contributed by atoms with Crippen molar-refractivity contribution in [1.29, 1.82) is 0 Å². The van der Waals surface area contributed by atoms with Gasteiger partial charge in [-0.15, -0.1) is 0 Å². The molecule has 0 heterocycles. The fraction of sp³-hybridized carbons (Fsp3) is 0.556. The van der Waals surface area contributed by atoms with E-state index in [2.05, 4.69) is 72.7 Å². The molecule has 0 amide bonds. The Hall–Kier alpha value is -1.96. The number of aromatic hydroxyl groups is 1. The van der Waals surface area contributed by atoms with Crippen molar-refractivity contribution in [3.8, 4) is 22.6 Å². The summed E-state index contributed by atoms with van der Waals surface area (Å²) in [5.74, 6) is 3.75. The van der Waals surface area contributed by atoms with Crippen molar-refractivity contribution in [3.05, 3.63) is 46.5 Å². The van der Waals surface area contributed by atoms with Gasteiger partial charge in [-0.3, -0.25) is 0 Å². The molecule has 2 aromatic rings. The summed E-state index contributed by atoms with van der Waals surface area (Å²) in [4.78, 5) is 0. The molecule has 158 valence electrons. The third-order valence-electron chi connectivity index (χ3n) is 6.54. The summed E-state index contributed by atoms with van der Waals surface area (Å²) in [5, 5.41) is 10.8. The second-order valence-electron chi connectivity index (χ2n) is 9.78. The zero-order chi connectivity index (χ0) is 21.5. The molecular formula is C27H38O2. The Balaban J connectivity index is 2.25. The smallest absolute Gasteiger partial charge is 0.125 e. The molecule has 2 aromatic carbocycles. The van der Waals surface area contributed by atoms with Crippen LogP contribution in [0.2, 0.25) is 0 Å². The van der Waals surface area contributed by atoms with Gasteiger partial charge in [0.15, 0.2) is 0 Å². The van der Waals surface area contributed by atoms with Gasteiger partial charge in [0.2, 0.25) is 0 Å². The van der Waals surface area contributed by atoms with Gasteiger partial charge in [-0.1, -0.05) is 48.5 Å². The Kier molecular flexibility index (Phi) is 6.31. The minimum absolute atomic E-state index is 0.278. The van der Waals surface area contributed by atoms with Crippen LogP contribution in [-0.2, 0) is 0 Å². The number of ether oxygens (including phenoxy) is 1. The maximum atomic E-state index is 10.8. The largest absolute Gasteiger partial charge is 0.507 e. The minimum atomic E-state index is 0.278. The Morgan fingerprint density at radius 3 is 1.52 bits per heavy atom. The van der Waals surface area contributed by atoms with Crippen molar-refractivity contribution in [2.75, 3.05) is 7.11 Å². The van der Waals surface area contributed by atoms with Crippen LogP contribution in [0.15, 0.2) is 24.3 Å². The molecule has 1 atom stereocenters. The predicted molar refractivity (Wildman–Crippen MR) is 124 cm³/mol. The number of methoxy groups -OCH3 is 1. The SMILES string of the molecule is COc1c(C(C)C)cc(-c2cc(C(C)C)c(O)c(C(C)C)c2)cc1[C@H](C)C1CC1. The molecular weight excluding hydrogens is 356 g/mol. The lowest BCUT2D eigenvalue weighted by Crippen LogP contribution is -2.05. The summed E-state index contributed by atoms with van der Waals surface area (Å²) in [6, 6.07) is 9.01. The lowest BCUT2D eigenvalue weighted by molar-refractivity contribution is 0.397. The quantitative estimate of drug-likeness (QED) is 0.516. The van der Waals surface area contributed by atoms with Crippen LogP contribution in [0.5, 0.6) is 11.5 Å². The lowest BCUT2D eigenvalue weighted by Gasteiger charge is -2.23. The molecule has 0 aromatic heterocycles. The van der Waals surface area contributed by atoms with Crippen molar-refractivity contribution in [1.82, 2.24) is 0 Å². The van der Waals surface area contributed by atoms with Crippen LogP contribution in [0.4, 0.5) is 0 Å². The zero-order valence-corrected chi connectivity index (χ0v) is 19.5. The van der Waals surface area contributed by atoms with E-state index in [0.29, 0.717) is 17.6 Å². The maximum Gasteiger partial charge on any atom is 0.125 e. The van der Waals surface area contributed by atoms with Crippen LogP contribution < -0.4 is 4.74 Å². The summed E-state index contributed by atoms with van der Waals surface area (Å²) < 4.78 is 5.93. The van der Waals surface area contributed by atoms with E-state index in [1.54, 1.807) is 7.11 Å². The molecule has 0 aliphatic heterocycles. The molecule has 0 unspecified atom stereocenters. The predicted octanol–water partition coefficient (Wildman–Crippen LogP) is 7.95. The standard InChI is InChI=1S/C27H38O2/c1-15(2)22-11-20(12-23(16(3)4)26(22)28)21-13-24(17(5)6)27(29-8)25(14-21)18(7)19-9-10-19/h11-19,28H,9-10H2,1-8H3/t18-/m1/s1. The van der Waals surface area contributed by atoms with Crippen LogP contribution >= 0.6 is 0 Å². The Morgan fingerprint density at radius 1 is 0.724 bits per heavy atom. The Labute approximate surface area is 177 Å². The van der Waals surface area contributed by atoms with E-state index >= 15 is 0 Å². The molecule has 0 bridgehead atoms. The topological polar surface area (TPSA) is 29.5 Å². The van der Waals surface area contributed by atoms with Gasteiger partial charge in [-0.05, 0) is 100 Å². The van der Waals surface area contributed by atoms with Crippen molar-refractivity contribution in [2.45, 2.75) is 85.0 Å². The highest BCUT2D eigenvalue weighted by molar-refractivity contribution is 5.72. The van der Waals surface area contributed by atoms with Gasteiger partial charge in [-0.2, -0.15) is 0 Å². The summed E-state index contributed by atoms with van der Waals surface area (Å²) in [6.07, 6.45) is 2.64. The molecule has 0 saturated heterocycles. The van der Waals surface area contributed by atoms with Crippen molar-refractivity contribution >= 4 is 0 Å². The van der Waals surface area contributed by atoms with Crippen molar-refractivity contribution < 1.29 is 9.84 Å². The monoisotopic (exact) mass is 394 g/mol. The van der Waals surface area contributed by atoms with Crippen molar-refractivity contribution in [2.24, 2.45) is 5.92 Å². The van der Waals surface area contributed by atoms with Gasteiger partial charge in [0.25, 0.3) is 0 Å². The first-order valence-electron chi connectivity index (χ1n) is 11.2. The van der Waals surface area contributed by atoms with E-state index in [0.717, 1.165) is 22.8 Å². The highest BCUT2D eigenvalue weighted by atomic mass is 16.5. The first-order chi connectivity index (χ1) is 13.6. The van der Waals surface area contributed by atoms with Crippen LogP contribution in [0.1, 0.15) is 107 Å². The Morgan fingerprint density at radius 2 is 1.14 bits per heavy atom. The van der Waals surface area contributed by atoms with E-state index in [4.69, 9.17) is 4.74 Å². The summed E-state index contributed by atoms with van der Waals surface area (Å²) in [5.41, 5.74) is 7.11. The van der Waals surface area contributed by atoms with Gasteiger partial charge >= 0.3 is 0 Å². The van der Waals surface area contributed by atoms with Crippen LogP contribution in [0, 0.1) is 5.92 Å². The minimum Gasteiger partial charge on any atom is -0.507 e. The van der Waals surface area contributed by atoms with Gasteiger partial charge in [0, 0.05) is 0 Å². The van der Waals surface area contributed by atoms with Gasteiger partial charge in [-0.25, -0.2) is 0 Å². The third-order valence-corrected chi connectivity index (χ3v) is 6.54. The first kappa shape index (κ1) is 21.7. The molecule has 0 radical (unpaired) electrons. The number of benzene rings is 2. The fourth-order valence-electron chi connectivity index (χ4n) is 4.42. The molecule has 1 aliphatic rings. The lowest BCUT2D eigenvalue weighted by atomic mass is 9.85. The molecule has 3 rings (SSSR count). The molecule has 2 nitrogen and oxygen atoms in total. The van der Waals surface area contributed by atoms with E-state index < -0.39 is 0 Å². The molecule has 1 N–H and O–H groups in total. The highest BCUT2D eigenvalue weighted by Crippen LogP contribution is 2.48. The second-order valence-corrected chi connectivity index (χ2v) is 9.78. The fourth-order valence-corrected chi connectivity index (χ4v) is 4.42. The molecule has 1 saturated carbocycles. The number of phenols is 1. The third kappa shape index (κ3) is 4.32. The molecule has 2 heteroatoms. The van der Waals surface area contributed by atoms with Gasteiger partial charge < -0.3 is 9.84 Å². The average Bonchev–Trinajstić information content (AvgIpc) is 3.51. The van der Waals surface area contributed by atoms with Crippen LogP contribution in [0.3, 0.4) is 0 Å². The number of hydrogen-bond acceptors (Lipinski definition) is 2. The van der Waals surface area contributed by atoms with E-state index in [9.17, 15) is 5.11 Å². The molecule has 1 aliphatic carbocycles. The second kappa shape index (κ2) is 8.42. The number of hydrogen-bond donors (Lipinski definition) is 1. The van der Waals surface area contributed by atoms with E-state index in [1.807, 2.05) is 0 Å². The van der Waals surface area contributed by atoms with Gasteiger partial charge in [0.05, 0.1) is 7.11 Å². The number of phenolic OH excluding ortho intramolecular Hbond substituents is 1. The van der Waals surface area contributed by atoms with Gasteiger partial charge in [0.1, 0.15) is 11.5 Å². The van der Waals surface area contributed by atoms with E-state index in [-0.39, 0.29) is 11.8 Å². The molecule has 1 fully saturated rings. The highest BCUT2D eigenvalue weighted by Gasteiger charge is 2.32. The van der Waals surface area contributed by atoms with Crippen LogP contribution in [0.25, 0.3) is 11.1 Å². The Bertz CT molecular complexity index is 843. The zero-order valence-electron chi connectivity index (χ0n) is 19.5. The first-order valence-corrected chi connectivity index (χ1v) is 11.2. The normalized spacial score (nSPS) is 15.4. The maximum absolute atomic E-state index is 10.8. The summed E-state index contributed by atoms with van der Waals surface area (Å²) >= 11 is 0.